The summed E-state index contributed by atoms with van der Waals surface area (Å²) in [5.41, 5.74) is 3.23. The van der Waals surface area contributed by atoms with Crippen molar-refractivity contribution < 1.29 is 14.7 Å². The van der Waals surface area contributed by atoms with Crippen LogP contribution in [0.1, 0.15) is 47.2 Å². The first kappa shape index (κ1) is 13.2. The van der Waals surface area contributed by atoms with Gasteiger partial charge in [0.1, 0.15) is 6.04 Å². The Morgan fingerprint density at radius 3 is 2.60 bits per heavy atom. The SMILES string of the molecule is O=C(O)C1CCCN1C(=O)c1ccc2c(c1)CCCC2. The van der Waals surface area contributed by atoms with Gasteiger partial charge in [0.25, 0.3) is 5.91 Å². The molecule has 0 aromatic heterocycles. The molecule has 0 spiro atoms. The van der Waals surface area contributed by atoms with Crippen LogP contribution in [0.4, 0.5) is 0 Å². The number of carbonyl (C=O) groups excluding carboxylic acids is 1. The highest BCUT2D eigenvalue weighted by Gasteiger charge is 2.34. The number of amides is 1. The first-order chi connectivity index (χ1) is 9.66. The molecule has 106 valence electrons. The highest BCUT2D eigenvalue weighted by molar-refractivity contribution is 5.97. The summed E-state index contributed by atoms with van der Waals surface area (Å²) in [6.07, 6.45) is 5.84. The number of hydrogen-bond donors (Lipinski definition) is 1. The first-order valence-electron chi connectivity index (χ1n) is 7.32. The molecule has 20 heavy (non-hydrogen) atoms. The average Bonchev–Trinajstić information content (AvgIpc) is 2.95. The van der Waals surface area contributed by atoms with Gasteiger partial charge in [0.15, 0.2) is 0 Å². The third kappa shape index (κ3) is 2.30. The lowest BCUT2D eigenvalue weighted by atomic mass is 9.90. The van der Waals surface area contributed by atoms with Crippen molar-refractivity contribution in [3.05, 3.63) is 34.9 Å². The molecular formula is C16H19NO3. The van der Waals surface area contributed by atoms with E-state index in [2.05, 4.69) is 0 Å². The summed E-state index contributed by atoms with van der Waals surface area (Å²) in [5.74, 6) is -1.03. The van der Waals surface area contributed by atoms with Crippen molar-refractivity contribution in [3.63, 3.8) is 0 Å². The van der Waals surface area contributed by atoms with Crippen LogP contribution in [0, 0.1) is 0 Å². The molecule has 1 aromatic rings. The fourth-order valence-corrected chi connectivity index (χ4v) is 3.30. The normalized spacial score (nSPS) is 21.6. The molecule has 0 bridgehead atoms. The third-order valence-electron chi connectivity index (χ3n) is 4.39. The van der Waals surface area contributed by atoms with Crippen molar-refractivity contribution in [2.45, 2.75) is 44.6 Å². The van der Waals surface area contributed by atoms with Crippen molar-refractivity contribution in [2.75, 3.05) is 6.54 Å². The summed E-state index contributed by atoms with van der Waals surface area (Å²) in [7, 11) is 0. The number of carboxylic acids is 1. The largest absolute Gasteiger partial charge is 0.480 e. The molecule has 3 rings (SSSR count). The Morgan fingerprint density at radius 2 is 1.85 bits per heavy atom. The van der Waals surface area contributed by atoms with E-state index in [1.807, 2.05) is 18.2 Å². The average molecular weight is 273 g/mol. The van der Waals surface area contributed by atoms with E-state index in [4.69, 9.17) is 0 Å². The zero-order chi connectivity index (χ0) is 14.1. The fraction of sp³-hybridized carbons (Fsp3) is 0.500. The van der Waals surface area contributed by atoms with E-state index >= 15 is 0 Å². The molecule has 2 aliphatic rings. The van der Waals surface area contributed by atoms with Crippen molar-refractivity contribution in [1.82, 2.24) is 4.90 Å². The van der Waals surface area contributed by atoms with Crippen LogP contribution in [0.2, 0.25) is 0 Å². The quantitative estimate of drug-likeness (QED) is 0.899. The van der Waals surface area contributed by atoms with Gasteiger partial charge in [-0.15, -0.1) is 0 Å². The molecule has 0 radical (unpaired) electrons. The molecule has 1 saturated heterocycles. The number of carboxylic acid groups (broad SMARTS) is 1. The Balaban J connectivity index is 1.85. The molecule has 1 N–H and O–H groups in total. The van der Waals surface area contributed by atoms with E-state index in [0.717, 1.165) is 19.3 Å². The third-order valence-corrected chi connectivity index (χ3v) is 4.39. The molecule has 4 heteroatoms. The Bertz CT molecular complexity index is 553. The van der Waals surface area contributed by atoms with Gasteiger partial charge >= 0.3 is 5.97 Å². The molecule has 0 saturated carbocycles. The molecule has 1 unspecified atom stereocenters. The predicted molar refractivity (Wildman–Crippen MR) is 74.8 cm³/mol. The van der Waals surface area contributed by atoms with Gasteiger partial charge in [-0.1, -0.05) is 6.07 Å². The predicted octanol–water partition coefficient (Wildman–Crippen LogP) is 2.25. The molecule has 1 atom stereocenters. The first-order valence-corrected chi connectivity index (χ1v) is 7.32. The summed E-state index contributed by atoms with van der Waals surface area (Å²) in [4.78, 5) is 25.2. The fourth-order valence-electron chi connectivity index (χ4n) is 3.30. The zero-order valence-corrected chi connectivity index (χ0v) is 11.5. The number of carbonyl (C=O) groups is 2. The second kappa shape index (κ2) is 5.27. The molecule has 4 nitrogen and oxygen atoms in total. The number of nitrogens with zero attached hydrogens (tertiary/aromatic N) is 1. The van der Waals surface area contributed by atoms with E-state index < -0.39 is 12.0 Å². The van der Waals surface area contributed by atoms with Gasteiger partial charge < -0.3 is 10.0 Å². The smallest absolute Gasteiger partial charge is 0.326 e. The van der Waals surface area contributed by atoms with Crippen molar-refractivity contribution in [2.24, 2.45) is 0 Å². The van der Waals surface area contributed by atoms with E-state index in [1.165, 1.54) is 28.9 Å². The van der Waals surface area contributed by atoms with Gasteiger partial charge in [0, 0.05) is 12.1 Å². The molecule has 1 aliphatic heterocycles. The van der Waals surface area contributed by atoms with Gasteiger partial charge in [-0.05, 0) is 61.8 Å². The van der Waals surface area contributed by atoms with Gasteiger partial charge in [-0.3, -0.25) is 4.79 Å². The van der Waals surface area contributed by atoms with Crippen LogP contribution >= 0.6 is 0 Å². The van der Waals surface area contributed by atoms with Crippen molar-refractivity contribution in [1.29, 1.82) is 0 Å². The Kier molecular flexibility index (Phi) is 3.47. The minimum absolute atomic E-state index is 0.136. The second-order valence-corrected chi connectivity index (χ2v) is 5.69. The minimum Gasteiger partial charge on any atom is -0.480 e. The number of likely N-dealkylation sites (tertiary alicyclic amines) is 1. The van der Waals surface area contributed by atoms with E-state index in [0.29, 0.717) is 18.5 Å². The summed E-state index contributed by atoms with van der Waals surface area (Å²) in [5, 5.41) is 9.18. The van der Waals surface area contributed by atoms with Crippen LogP contribution in [-0.2, 0) is 17.6 Å². The standard InChI is InChI=1S/C16H19NO3/c18-15(17-9-3-6-14(17)16(19)20)13-8-7-11-4-1-2-5-12(11)10-13/h7-8,10,14H,1-6,9H2,(H,19,20). The van der Waals surface area contributed by atoms with E-state index in [-0.39, 0.29) is 5.91 Å². The lowest BCUT2D eigenvalue weighted by Gasteiger charge is -2.23. The second-order valence-electron chi connectivity index (χ2n) is 5.69. The number of benzene rings is 1. The monoisotopic (exact) mass is 273 g/mol. The van der Waals surface area contributed by atoms with Gasteiger partial charge in [-0.2, -0.15) is 0 Å². The maximum Gasteiger partial charge on any atom is 0.326 e. The maximum absolute atomic E-state index is 12.5. The van der Waals surface area contributed by atoms with Crippen LogP contribution in [0.15, 0.2) is 18.2 Å². The van der Waals surface area contributed by atoms with Crippen molar-refractivity contribution in [3.8, 4) is 0 Å². The van der Waals surface area contributed by atoms with Gasteiger partial charge in [0.2, 0.25) is 0 Å². The highest BCUT2D eigenvalue weighted by atomic mass is 16.4. The topological polar surface area (TPSA) is 57.6 Å². The van der Waals surface area contributed by atoms with Crippen molar-refractivity contribution >= 4 is 11.9 Å². The lowest BCUT2D eigenvalue weighted by Crippen LogP contribution is -2.40. The Hall–Kier alpha value is -1.84. The minimum atomic E-state index is -0.895. The summed E-state index contributed by atoms with van der Waals surface area (Å²) < 4.78 is 0. The van der Waals surface area contributed by atoms with Gasteiger partial charge in [-0.25, -0.2) is 4.79 Å². The molecule has 1 aromatic carbocycles. The summed E-state index contributed by atoms with van der Waals surface area (Å²) >= 11 is 0. The zero-order valence-electron chi connectivity index (χ0n) is 11.5. The van der Waals surface area contributed by atoms with E-state index in [1.54, 1.807) is 0 Å². The van der Waals surface area contributed by atoms with E-state index in [9.17, 15) is 14.7 Å². The molecular weight excluding hydrogens is 254 g/mol. The van der Waals surface area contributed by atoms with Crippen LogP contribution in [-0.4, -0.2) is 34.5 Å². The number of fused-ring (bicyclic) bond motifs is 1. The number of aliphatic carboxylic acids is 1. The van der Waals surface area contributed by atoms with Crippen LogP contribution in [0.3, 0.4) is 0 Å². The summed E-state index contributed by atoms with van der Waals surface area (Å²) in [6.45, 7) is 0.548. The number of aryl methyl sites for hydroxylation is 2. The highest BCUT2D eigenvalue weighted by Crippen LogP contribution is 2.25. The molecule has 1 aliphatic carbocycles. The van der Waals surface area contributed by atoms with Crippen LogP contribution < -0.4 is 0 Å². The molecule has 1 heterocycles. The molecule has 1 amide bonds. The summed E-state index contributed by atoms with van der Waals surface area (Å²) in [6, 6.07) is 5.20. The lowest BCUT2D eigenvalue weighted by molar-refractivity contribution is -0.141. The number of hydrogen-bond acceptors (Lipinski definition) is 2. The van der Waals surface area contributed by atoms with Crippen LogP contribution in [0.25, 0.3) is 0 Å². The Labute approximate surface area is 118 Å². The number of rotatable bonds is 2. The molecule has 1 fully saturated rings. The van der Waals surface area contributed by atoms with Crippen LogP contribution in [0.5, 0.6) is 0 Å². The van der Waals surface area contributed by atoms with Gasteiger partial charge in [0.05, 0.1) is 0 Å². The maximum atomic E-state index is 12.5. The Morgan fingerprint density at radius 1 is 1.10 bits per heavy atom.